The van der Waals surface area contributed by atoms with Gasteiger partial charge in [-0.15, -0.1) is 0 Å². The van der Waals surface area contributed by atoms with E-state index in [4.69, 9.17) is 9.15 Å². The molecule has 0 N–H and O–H groups in total. The van der Waals surface area contributed by atoms with Crippen LogP contribution in [0.4, 0.5) is 4.39 Å². The van der Waals surface area contributed by atoms with E-state index in [1.807, 2.05) is 0 Å². The minimum absolute atomic E-state index is 0.115. The summed E-state index contributed by atoms with van der Waals surface area (Å²) in [5, 5.41) is 0. The second kappa shape index (κ2) is 5.28. The van der Waals surface area contributed by atoms with Crippen molar-refractivity contribution >= 4 is 5.91 Å². The van der Waals surface area contributed by atoms with E-state index in [1.54, 1.807) is 17.0 Å². The molecule has 104 valence electrons. The third-order valence-electron chi connectivity index (χ3n) is 3.03. The average molecular weight is 277 g/mol. The lowest BCUT2D eigenvalue weighted by Crippen LogP contribution is -2.30. The summed E-state index contributed by atoms with van der Waals surface area (Å²) < 4.78 is 23.3. The fourth-order valence-corrected chi connectivity index (χ4v) is 2.08. The molecular weight excluding hydrogens is 265 g/mol. The van der Waals surface area contributed by atoms with Gasteiger partial charge in [-0.2, -0.15) is 0 Å². The van der Waals surface area contributed by atoms with Crippen LogP contribution in [0.25, 0.3) is 0 Å². The lowest BCUT2D eigenvalue weighted by molar-refractivity contribution is 0.0738. The van der Waals surface area contributed by atoms with Crippen molar-refractivity contribution in [3.05, 3.63) is 42.4 Å². The Morgan fingerprint density at radius 2 is 2.25 bits per heavy atom. The zero-order valence-corrected chi connectivity index (χ0v) is 10.5. The van der Waals surface area contributed by atoms with E-state index in [0.717, 1.165) is 12.4 Å². The maximum atomic E-state index is 12.7. The summed E-state index contributed by atoms with van der Waals surface area (Å²) in [6.45, 7) is 1.01. The molecule has 1 saturated heterocycles. The number of furan rings is 1. The molecule has 1 atom stereocenters. The second-order valence-corrected chi connectivity index (χ2v) is 4.44. The largest absolute Gasteiger partial charge is 0.459 e. The monoisotopic (exact) mass is 277 g/mol. The van der Waals surface area contributed by atoms with Crippen molar-refractivity contribution in [2.45, 2.75) is 12.5 Å². The van der Waals surface area contributed by atoms with Gasteiger partial charge in [-0.3, -0.25) is 4.79 Å². The Kier molecular flexibility index (Phi) is 3.32. The number of likely N-dealkylation sites (tertiary alicyclic amines) is 1. The molecule has 2 aromatic heterocycles. The molecule has 20 heavy (non-hydrogen) atoms. The lowest BCUT2D eigenvalue weighted by Gasteiger charge is -2.15. The van der Waals surface area contributed by atoms with Gasteiger partial charge in [0.2, 0.25) is 0 Å². The molecule has 2 aromatic rings. The molecule has 3 heterocycles. The van der Waals surface area contributed by atoms with Crippen LogP contribution in [0, 0.1) is 5.82 Å². The van der Waals surface area contributed by atoms with Crippen molar-refractivity contribution in [1.82, 2.24) is 14.9 Å². The molecular formula is C13H12FN3O3. The number of hydrogen-bond acceptors (Lipinski definition) is 5. The molecule has 7 heteroatoms. The van der Waals surface area contributed by atoms with Crippen LogP contribution in [0.15, 0.2) is 35.2 Å². The third-order valence-corrected chi connectivity index (χ3v) is 3.03. The van der Waals surface area contributed by atoms with E-state index in [9.17, 15) is 9.18 Å². The zero-order valence-electron chi connectivity index (χ0n) is 10.5. The molecule has 1 aliphatic heterocycles. The van der Waals surface area contributed by atoms with Crippen LogP contribution in [-0.2, 0) is 0 Å². The highest BCUT2D eigenvalue weighted by Crippen LogP contribution is 2.17. The molecule has 0 spiro atoms. The van der Waals surface area contributed by atoms with E-state index in [-0.39, 0.29) is 18.0 Å². The average Bonchev–Trinajstić information content (AvgIpc) is 3.12. The van der Waals surface area contributed by atoms with Gasteiger partial charge < -0.3 is 14.1 Å². The van der Waals surface area contributed by atoms with Crippen LogP contribution < -0.4 is 4.74 Å². The number of amides is 1. The number of nitrogens with zero attached hydrogens (tertiary/aromatic N) is 3. The summed E-state index contributed by atoms with van der Waals surface area (Å²) in [7, 11) is 0. The minimum Gasteiger partial charge on any atom is -0.459 e. The molecule has 1 amide bonds. The Balaban J connectivity index is 1.59. The first-order valence-electron chi connectivity index (χ1n) is 6.19. The van der Waals surface area contributed by atoms with Crippen LogP contribution in [0.5, 0.6) is 6.01 Å². The molecule has 3 rings (SSSR count). The Morgan fingerprint density at radius 1 is 1.45 bits per heavy atom. The van der Waals surface area contributed by atoms with Gasteiger partial charge in [0.25, 0.3) is 5.91 Å². The minimum atomic E-state index is -0.515. The maximum Gasteiger partial charge on any atom is 0.316 e. The van der Waals surface area contributed by atoms with Crippen molar-refractivity contribution in [2.24, 2.45) is 0 Å². The number of aromatic nitrogens is 2. The summed E-state index contributed by atoms with van der Waals surface area (Å²) in [5.41, 5.74) is 0. The van der Waals surface area contributed by atoms with Crippen LogP contribution >= 0.6 is 0 Å². The maximum absolute atomic E-state index is 12.7. The number of ether oxygens (including phenoxy) is 1. The Morgan fingerprint density at radius 3 is 2.95 bits per heavy atom. The fraction of sp³-hybridized carbons (Fsp3) is 0.308. The van der Waals surface area contributed by atoms with E-state index in [1.165, 1.54) is 6.26 Å². The quantitative estimate of drug-likeness (QED) is 0.850. The van der Waals surface area contributed by atoms with E-state index >= 15 is 0 Å². The molecule has 0 aliphatic carbocycles. The second-order valence-electron chi connectivity index (χ2n) is 4.44. The van der Waals surface area contributed by atoms with Crippen LogP contribution in [0.2, 0.25) is 0 Å². The summed E-state index contributed by atoms with van der Waals surface area (Å²) in [6, 6.07) is 3.41. The van der Waals surface area contributed by atoms with Crippen molar-refractivity contribution in [3.63, 3.8) is 0 Å². The molecule has 1 fully saturated rings. The van der Waals surface area contributed by atoms with Crippen LogP contribution in [0.1, 0.15) is 17.0 Å². The van der Waals surface area contributed by atoms with Gasteiger partial charge in [0.1, 0.15) is 6.10 Å². The predicted octanol–water partition coefficient (Wildman–Crippen LogP) is 1.50. The van der Waals surface area contributed by atoms with Crippen molar-refractivity contribution < 1.29 is 18.3 Å². The van der Waals surface area contributed by atoms with Crippen molar-refractivity contribution in [3.8, 4) is 6.01 Å². The van der Waals surface area contributed by atoms with Crippen molar-refractivity contribution in [2.75, 3.05) is 13.1 Å². The molecule has 0 bridgehead atoms. The molecule has 6 nitrogen and oxygen atoms in total. The standard InChI is InChI=1S/C13H12FN3O3/c14-9-6-15-13(16-7-9)20-10-3-4-17(8-10)12(18)11-2-1-5-19-11/h1-2,5-7,10H,3-4,8H2/t10-/m1/s1. The first kappa shape index (κ1) is 12.6. The highest BCUT2D eigenvalue weighted by molar-refractivity contribution is 5.91. The first-order valence-corrected chi connectivity index (χ1v) is 6.19. The predicted molar refractivity (Wildman–Crippen MR) is 65.6 cm³/mol. The number of carbonyl (C=O) groups is 1. The molecule has 0 radical (unpaired) electrons. The Hall–Kier alpha value is -2.44. The molecule has 0 saturated carbocycles. The summed E-state index contributed by atoms with van der Waals surface area (Å²) >= 11 is 0. The third kappa shape index (κ3) is 2.61. The molecule has 1 aliphatic rings. The van der Waals surface area contributed by atoms with Gasteiger partial charge >= 0.3 is 6.01 Å². The summed E-state index contributed by atoms with van der Waals surface area (Å²) in [6.07, 6.45) is 4.03. The highest BCUT2D eigenvalue weighted by atomic mass is 19.1. The fourth-order valence-electron chi connectivity index (χ4n) is 2.08. The van der Waals surface area contributed by atoms with Crippen LogP contribution in [0.3, 0.4) is 0 Å². The number of rotatable bonds is 3. The lowest BCUT2D eigenvalue weighted by atomic mass is 10.3. The van der Waals surface area contributed by atoms with Gasteiger partial charge in [-0.1, -0.05) is 0 Å². The van der Waals surface area contributed by atoms with E-state index in [2.05, 4.69) is 9.97 Å². The zero-order chi connectivity index (χ0) is 13.9. The molecule has 0 unspecified atom stereocenters. The summed E-state index contributed by atoms with van der Waals surface area (Å²) in [5.74, 6) is -0.372. The van der Waals surface area contributed by atoms with Crippen molar-refractivity contribution in [1.29, 1.82) is 0 Å². The van der Waals surface area contributed by atoms with E-state index in [0.29, 0.717) is 25.3 Å². The van der Waals surface area contributed by atoms with Gasteiger partial charge in [-0.05, 0) is 12.1 Å². The molecule has 0 aromatic carbocycles. The number of carbonyl (C=O) groups excluding carboxylic acids is 1. The van der Waals surface area contributed by atoms with Gasteiger partial charge in [0.05, 0.1) is 25.2 Å². The topological polar surface area (TPSA) is 68.5 Å². The van der Waals surface area contributed by atoms with Gasteiger partial charge in [-0.25, -0.2) is 14.4 Å². The van der Waals surface area contributed by atoms with E-state index < -0.39 is 5.82 Å². The normalized spacial score (nSPS) is 18.2. The first-order chi connectivity index (χ1) is 9.72. The number of halogens is 1. The van der Waals surface area contributed by atoms with Crippen LogP contribution in [-0.4, -0.2) is 40.0 Å². The Labute approximate surface area is 114 Å². The highest BCUT2D eigenvalue weighted by Gasteiger charge is 2.29. The van der Waals surface area contributed by atoms with Gasteiger partial charge in [0.15, 0.2) is 11.6 Å². The SMILES string of the molecule is O=C(c1ccco1)N1CC[C@@H](Oc2ncc(F)cn2)C1. The summed E-state index contributed by atoms with van der Waals surface area (Å²) in [4.78, 5) is 21.2. The Bertz CT molecular complexity index is 585. The van der Waals surface area contributed by atoms with Gasteiger partial charge in [0, 0.05) is 13.0 Å². The smallest absolute Gasteiger partial charge is 0.316 e. The number of hydrogen-bond donors (Lipinski definition) is 0.